The Morgan fingerprint density at radius 1 is 1.24 bits per heavy atom. The van der Waals surface area contributed by atoms with Crippen LogP contribution in [0.15, 0.2) is 24.5 Å². The zero-order chi connectivity index (χ0) is 12.3. The van der Waals surface area contributed by atoms with Gasteiger partial charge in [0.25, 0.3) is 0 Å². The fourth-order valence-corrected chi connectivity index (χ4v) is 1.54. The minimum Gasteiger partial charge on any atom is -0.348 e. The molecule has 5 heteroatoms. The summed E-state index contributed by atoms with van der Waals surface area (Å²) in [5, 5.41) is 3.12. The molecule has 2 rings (SSSR count). The highest BCUT2D eigenvalue weighted by molar-refractivity contribution is 5.17. The van der Waals surface area contributed by atoms with Gasteiger partial charge < -0.3 is 10.3 Å². The van der Waals surface area contributed by atoms with Gasteiger partial charge in [-0.3, -0.25) is 0 Å². The van der Waals surface area contributed by atoms with Crippen LogP contribution in [0.2, 0.25) is 0 Å². The van der Waals surface area contributed by atoms with Crippen LogP contribution in [-0.2, 0) is 13.1 Å². The second-order valence-corrected chi connectivity index (χ2v) is 3.83. The predicted molar refractivity (Wildman–Crippen MR) is 60.2 cm³/mol. The minimum atomic E-state index is -0.822. The molecule has 17 heavy (non-hydrogen) atoms. The summed E-state index contributed by atoms with van der Waals surface area (Å²) in [5.41, 5.74) is 2.63. The molecule has 0 saturated heterocycles. The number of nitrogens with one attached hydrogen (secondary N) is 2. The zero-order valence-corrected chi connectivity index (χ0v) is 9.43. The molecular formula is C12H13F2N3. The molecule has 1 heterocycles. The summed E-state index contributed by atoms with van der Waals surface area (Å²) in [6.45, 7) is 3.00. The van der Waals surface area contributed by atoms with Crippen molar-refractivity contribution in [2.75, 3.05) is 0 Å². The zero-order valence-electron chi connectivity index (χ0n) is 9.43. The van der Waals surface area contributed by atoms with Crippen molar-refractivity contribution in [3.05, 3.63) is 53.1 Å². The first kappa shape index (κ1) is 11.7. The summed E-state index contributed by atoms with van der Waals surface area (Å²) in [4.78, 5) is 7.10. The molecule has 0 saturated carbocycles. The van der Waals surface area contributed by atoms with E-state index in [4.69, 9.17) is 0 Å². The lowest BCUT2D eigenvalue weighted by atomic mass is 10.2. The van der Waals surface area contributed by atoms with Gasteiger partial charge in [0.2, 0.25) is 0 Å². The molecule has 0 spiro atoms. The number of hydrogen-bond acceptors (Lipinski definition) is 2. The molecule has 1 aromatic heterocycles. The highest BCUT2D eigenvalue weighted by Gasteiger charge is 2.03. The molecule has 1 aromatic carbocycles. The monoisotopic (exact) mass is 237 g/mol. The van der Waals surface area contributed by atoms with Crippen molar-refractivity contribution in [2.45, 2.75) is 20.0 Å². The van der Waals surface area contributed by atoms with E-state index in [1.165, 1.54) is 6.07 Å². The van der Waals surface area contributed by atoms with Crippen LogP contribution in [0.4, 0.5) is 8.78 Å². The number of rotatable bonds is 4. The van der Waals surface area contributed by atoms with Crippen molar-refractivity contribution < 1.29 is 8.78 Å². The maximum absolute atomic E-state index is 12.9. The van der Waals surface area contributed by atoms with Gasteiger partial charge in [-0.2, -0.15) is 0 Å². The first-order chi connectivity index (χ1) is 8.16. The summed E-state index contributed by atoms with van der Waals surface area (Å²) < 4.78 is 25.6. The highest BCUT2D eigenvalue weighted by atomic mass is 19.2. The fraction of sp³-hybridized carbons (Fsp3) is 0.250. The maximum atomic E-state index is 12.9. The van der Waals surface area contributed by atoms with E-state index in [0.717, 1.165) is 17.5 Å². The molecule has 0 atom stereocenters. The van der Waals surface area contributed by atoms with Gasteiger partial charge in [-0.15, -0.1) is 0 Å². The number of halogens is 2. The van der Waals surface area contributed by atoms with Crippen LogP contribution in [0.25, 0.3) is 0 Å². The van der Waals surface area contributed by atoms with Gasteiger partial charge in [-0.1, -0.05) is 6.07 Å². The molecule has 2 aromatic rings. The molecule has 0 aliphatic heterocycles. The van der Waals surface area contributed by atoms with Crippen molar-refractivity contribution in [3.8, 4) is 0 Å². The summed E-state index contributed by atoms with van der Waals surface area (Å²) in [6.07, 6.45) is 1.63. The number of benzene rings is 1. The standard InChI is InChI=1S/C12H13F2N3/c1-8-12(17-7-16-8)6-15-5-9-2-3-10(13)11(14)4-9/h2-4,7,15H,5-6H2,1H3,(H,16,17). The molecule has 0 fully saturated rings. The van der Waals surface area contributed by atoms with Crippen molar-refractivity contribution in [2.24, 2.45) is 0 Å². The normalized spacial score (nSPS) is 10.8. The van der Waals surface area contributed by atoms with E-state index in [2.05, 4.69) is 15.3 Å². The second-order valence-electron chi connectivity index (χ2n) is 3.83. The fourth-order valence-electron chi connectivity index (χ4n) is 1.54. The van der Waals surface area contributed by atoms with E-state index in [1.807, 2.05) is 6.92 Å². The lowest BCUT2D eigenvalue weighted by Gasteiger charge is -2.04. The average molecular weight is 237 g/mol. The molecule has 90 valence electrons. The van der Waals surface area contributed by atoms with Crippen LogP contribution in [0, 0.1) is 18.6 Å². The Hall–Kier alpha value is -1.75. The van der Waals surface area contributed by atoms with Crippen molar-refractivity contribution in [1.29, 1.82) is 0 Å². The van der Waals surface area contributed by atoms with Crippen LogP contribution in [0.5, 0.6) is 0 Å². The SMILES string of the molecule is Cc1[nH]cnc1CNCc1ccc(F)c(F)c1. The van der Waals surface area contributed by atoms with Gasteiger partial charge in [0, 0.05) is 18.8 Å². The molecule has 3 nitrogen and oxygen atoms in total. The maximum Gasteiger partial charge on any atom is 0.159 e. The van der Waals surface area contributed by atoms with E-state index in [1.54, 1.807) is 12.4 Å². The number of aryl methyl sites for hydroxylation is 1. The third-order valence-electron chi connectivity index (χ3n) is 2.54. The van der Waals surface area contributed by atoms with Crippen molar-refractivity contribution in [3.63, 3.8) is 0 Å². The van der Waals surface area contributed by atoms with E-state index < -0.39 is 11.6 Å². The first-order valence-corrected chi connectivity index (χ1v) is 5.30. The average Bonchev–Trinajstić information content (AvgIpc) is 2.70. The van der Waals surface area contributed by atoms with Gasteiger partial charge in [0.1, 0.15) is 0 Å². The third-order valence-corrected chi connectivity index (χ3v) is 2.54. The molecule has 0 amide bonds. The van der Waals surface area contributed by atoms with Crippen LogP contribution >= 0.6 is 0 Å². The summed E-state index contributed by atoms with van der Waals surface area (Å²) >= 11 is 0. The topological polar surface area (TPSA) is 40.7 Å². The third kappa shape index (κ3) is 2.88. The van der Waals surface area contributed by atoms with Crippen LogP contribution in [-0.4, -0.2) is 9.97 Å². The Balaban J connectivity index is 1.90. The van der Waals surface area contributed by atoms with Gasteiger partial charge in [-0.05, 0) is 24.6 Å². The number of imidazole rings is 1. The summed E-state index contributed by atoms with van der Waals surface area (Å²) in [6, 6.07) is 3.88. The van der Waals surface area contributed by atoms with Gasteiger partial charge in [0.05, 0.1) is 12.0 Å². The molecule has 0 aliphatic rings. The van der Waals surface area contributed by atoms with Gasteiger partial charge in [0.15, 0.2) is 11.6 Å². The molecule has 0 radical (unpaired) electrons. The smallest absolute Gasteiger partial charge is 0.159 e. The van der Waals surface area contributed by atoms with Crippen LogP contribution in [0.1, 0.15) is 17.0 Å². The molecule has 2 N–H and O–H groups in total. The summed E-state index contributed by atoms with van der Waals surface area (Å²) in [7, 11) is 0. The Morgan fingerprint density at radius 3 is 2.71 bits per heavy atom. The number of aromatic nitrogens is 2. The Morgan fingerprint density at radius 2 is 2.06 bits per heavy atom. The lowest BCUT2D eigenvalue weighted by molar-refractivity contribution is 0.506. The van der Waals surface area contributed by atoms with Gasteiger partial charge >= 0.3 is 0 Å². The Bertz CT molecular complexity index is 508. The Kier molecular flexibility index (Phi) is 3.49. The second kappa shape index (κ2) is 5.05. The molecule has 0 bridgehead atoms. The predicted octanol–water partition coefficient (Wildman–Crippen LogP) is 2.29. The van der Waals surface area contributed by atoms with E-state index in [9.17, 15) is 8.78 Å². The van der Waals surface area contributed by atoms with Crippen molar-refractivity contribution in [1.82, 2.24) is 15.3 Å². The number of hydrogen-bond donors (Lipinski definition) is 2. The molecular weight excluding hydrogens is 224 g/mol. The molecule has 0 unspecified atom stereocenters. The van der Waals surface area contributed by atoms with Crippen molar-refractivity contribution >= 4 is 0 Å². The van der Waals surface area contributed by atoms with E-state index in [0.29, 0.717) is 18.7 Å². The summed E-state index contributed by atoms with van der Waals surface area (Å²) in [5.74, 6) is -1.64. The van der Waals surface area contributed by atoms with Crippen LogP contribution < -0.4 is 5.32 Å². The van der Waals surface area contributed by atoms with E-state index in [-0.39, 0.29) is 0 Å². The quantitative estimate of drug-likeness (QED) is 0.856. The Labute approximate surface area is 97.9 Å². The minimum absolute atomic E-state index is 0.476. The van der Waals surface area contributed by atoms with Gasteiger partial charge in [-0.25, -0.2) is 13.8 Å². The number of aromatic amines is 1. The number of nitrogens with zero attached hydrogens (tertiary/aromatic N) is 1. The highest BCUT2D eigenvalue weighted by Crippen LogP contribution is 2.08. The number of H-pyrrole nitrogens is 1. The first-order valence-electron chi connectivity index (χ1n) is 5.30. The molecule has 0 aliphatic carbocycles. The van der Waals surface area contributed by atoms with E-state index >= 15 is 0 Å². The lowest BCUT2D eigenvalue weighted by Crippen LogP contribution is -2.13. The van der Waals surface area contributed by atoms with Crippen LogP contribution in [0.3, 0.4) is 0 Å². The largest absolute Gasteiger partial charge is 0.348 e.